The van der Waals surface area contributed by atoms with E-state index in [1.807, 2.05) is 0 Å². The van der Waals surface area contributed by atoms with E-state index in [-0.39, 0.29) is 37.3 Å². The minimum Gasteiger partial charge on any atom is -0.340 e. The van der Waals surface area contributed by atoms with Gasteiger partial charge in [0.15, 0.2) is 0 Å². The van der Waals surface area contributed by atoms with Crippen molar-refractivity contribution in [2.24, 2.45) is 0 Å². The lowest BCUT2D eigenvalue weighted by Gasteiger charge is -2.22. The first-order valence-corrected chi connectivity index (χ1v) is 8.92. The first-order chi connectivity index (χ1) is 12.8. The average molecular weight is 412 g/mol. The van der Waals surface area contributed by atoms with E-state index >= 15 is 0 Å². The molecule has 8 heteroatoms. The molecule has 27 heavy (non-hydrogen) atoms. The number of anilines is 1. The number of likely N-dealkylation sites (N-methyl/N-ethyl adjacent to an activating group) is 2. The summed E-state index contributed by atoms with van der Waals surface area (Å²) in [6, 6.07) is 11.1. The Kier molecular flexibility index (Phi) is 7.59. The molecule has 2 amide bonds. The normalized spacial score (nSPS) is 10.7. The Balaban J connectivity index is 1.83. The zero-order valence-electron chi connectivity index (χ0n) is 15.0. The molecule has 2 aromatic rings. The molecule has 0 spiro atoms. The van der Waals surface area contributed by atoms with E-state index in [1.165, 1.54) is 11.0 Å². The fraction of sp³-hybridized carbons (Fsp3) is 0.263. The Morgan fingerprint density at radius 3 is 2.41 bits per heavy atom. The van der Waals surface area contributed by atoms with Crippen molar-refractivity contribution in [1.82, 2.24) is 9.80 Å². The summed E-state index contributed by atoms with van der Waals surface area (Å²) < 4.78 is 13.7. The highest BCUT2D eigenvalue weighted by molar-refractivity contribution is 6.42. The third-order valence-corrected chi connectivity index (χ3v) is 4.55. The maximum atomic E-state index is 13.7. The zero-order chi connectivity index (χ0) is 20.0. The molecule has 0 fully saturated rings. The largest absolute Gasteiger partial charge is 0.340 e. The number of benzene rings is 2. The third kappa shape index (κ3) is 6.50. The molecule has 0 saturated carbocycles. The van der Waals surface area contributed by atoms with Gasteiger partial charge in [0.25, 0.3) is 0 Å². The Morgan fingerprint density at radius 2 is 1.74 bits per heavy atom. The van der Waals surface area contributed by atoms with Crippen LogP contribution in [0.3, 0.4) is 0 Å². The van der Waals surface area contributed by atoms with Crippen molar-refractivity contribution in [3.63, 3.8) is 0 Å². The van der Waals surface area contributed by atoms with E-state index < -0.39 is 0 Å². The van der Waals surface area contributed by atoms with Gasteiger partial charge in [0.1, 0.15) is 5.82 Å². The van der Waals surface area contributed by atoms with E-state index in [0.29, 0.717) is 21.3 Å². The summed E-state index contributed by atoms with van der Waals surface area (Å²) >= 11 is 11.8. The molecule has 0 aliphatic carbocycles. The number of carbonyl (C=O) groups is 2. The van der Waals surface area contributed by atoms with Crippen LogP contribution in [0.4, 0.5) is 10.1 Å². The van der Waals surface area contributed by atoms with Crippen LogP contribution in [0.15, 0.2) is 42.5 Å². The van der Waals surface area contributed by atoms with E-state index in [0.717, 1.165) is 0 Å². The fourth-order valence-corrected chi connectivity index (χ4v) is 2.70. The lowest BCUT2D eigenvalue weighted by Crippen LogP contribution is -2.39. The number of hydrogen-bond donors (Lipinski definition) is 1. The highest BCUT2D eigenvalue weighted by Gasteiger charge is 2.16. The van der Waals surface area contributed by atoms with Gasteiger partial charge in [-0.25, -0.2) is 4.39 Å². The predicted octanol–water partition coefficient (Wildman–Crippen LogP) is 3.66. The van der Waals surface area contributed by atoms with Gasteiger partial charge in [-0.15, -0.1) is 0 Å². The standard InChI is InChI=1S/C19H20Cl2FN3O2/c1-24(11-18(26)23-14-7-8-15(20)16(21)9-14)12-19(27)25(2)10-13-5-3-4-6-17(13)22/h3-9H,10-12H2,1-2H3,(H,23,26). The van der Waals surface area contributed by atoms with Crippen molar-refractivity contribution in [1.29, 1.82) is 0 Å². The summed E-state index contributed by atoms with van der Waals surface area (Å²) in [6.07, 6.45) is 0. The molecule has 0 aromatic heterocycles. The van der Waals surface area contributed by atoms with Gasteiger partial charge in [-0.3, -0.25) is 14.5 Å². The Bertz CT molecular complexity index is 832. The lowest BCUT2D eigenvalue weighted by molar-refractivity contribution is -0.131. The van der Waals surface area contributed by atoms with Crippen LogP contribution in [-0.4, -0.2) is 48.8 Å². The second kappa shape index (κ2) is 9.69. The molecule has 0 aliphatic rings. The van der Waals surface area contributed by atoms with E-state index in [1.54, 1.807) is 55.4 Å². The van der Waals surface area contributed by atoms with Crippen molar-refractivity contribution < 1.29 is 14.0 Å². The van der Waals surface area contributed by atoms with Gasteiger partial charge < -0.3 is 10.2 Å². The molecule has 0 aliphatic heterocycles. The van der Waals surface area contributed by atoms with E-state index in [9.17, 15) is 14.0 Å². The topological polar surface area (TPSA) is 52.7 Å². The van der Waals surface area contributed by atoms with E-state index in [4.69, 9.17) is 23.2 Å². The Hall–Kier alpha value is -2.15. The van der Waals surface area contributed by atoms with Crippen LogP contribution in [0.25, 0.3) is 0 Å². The number of carbonyl (C=O) groups excluding carboxylic acids is 2. The number of nitrogens with zero attached hydrogens (tertiary/aromatic N) is 2. The molecule has 0 saturated heterocycles. The molecule has 0 bridgehead atoms. The number of amides is 2. The van der Waals surface area contributed by atoms with Gasteiger partial charge in [-0.2, -0.15) is 0 Å². The van der Waals surface area contributed by atoms with Crippen molar-refractivity contribution in [3.8, 4) is 0 Å². The highest BCUT2D eigenvalue weighted by Crippen LogP contribution is 2.24. The van der Waals surface area contributed by atoms with Crippen LogP contribution in [0.5, 0.6) is 0 Å². The molecule has 1 N–H and O–H groups in total. The molecule has 0 unspecified atom stereocenters. The second-order valence-electron chi connectivity index (χ2n) is 6.19. The lowest BCUT2D eigenvalue weighted by atomic mass is 10.2. The summed E-state index contributed by atoms with van der Waals surface area (Å²) in [5.41, 5.74) is 0.958. The fourth-order valence-electron chi connectivity index (χ4n) is 2.40. The quantitative estimate of drug-likeness (QED) is 0.755. The summed E-state index contributed by atoms with van der Waals surface area (Å²) in [4.78, 5) is 27.4. The van der Waals surface area contributed by atoms with Crippen LogP contribution in [0.1, 0.15) is 5.56 Å². The van der Waals surface area contributed by atoms with Crippen molar-refractivity contribution in [2.75, 3.05) is 32.5 Å². The predicted molar refractivity (Wildman–Crippen MR) is 105 cm³/mol. The van der Waals surface area contributed by atoms with Crippen LogP contribution < -0.4 is 5.32 Å². The van der Waals surface area contributed by atoms with Gasteiger partial charge in [0.05, 0.1) is 23.1 Å². The molecule has 0 heterocycles. The number of halogens is 3. The smallest absolute Gasteiger partial charge is 0.238 e. The van der Waals surface area contributed by atoms with Gasteiger partial charge in [-0.1, -0.05) is 41.4 Å². The van der Waals surface area contributed by atoms with Crippen LogP contribution in [0.2, 0.25) is 10.0 Å². The minimum atomic E-state index is -0.355. The molecule has 2 aromatic carbocycles. The monoisotopic (exact) mass is 411 g/mol. The van der Waals surface area contributed by atoms with Crippen LogP contribution in [-0.2, 0) is 16.1 Å². The van der Waals surface area contributed by atoms with Crippen molar-refractivity contribution in [3.05, 3.63) is 63.9 Å². The molecular weight excluding hydrogens is 392 g/mol. The van der Waals surface area contributed by atoms with Crippen molar-refractivity contribution in [2.45, 2.75) is 6.54 Å². The maximum absolute atomic E-state index is 13.7. The summed E-state index contributed by atoms with van der Waals surface area (Å²) in [5.74, 6) is -0.866. The first-order valence-electron chi connectivity index (χ1n) is 8.17. The maximum Gasteiger partial charge on any atom is 0.238 e. The Morgan fingerprint density at radius 1 is 1.04 bits per heavy atom. The van der Waals surface area contributed by atoms with E-state index in [2.05, 4.69) is 5.32 Å². The highest BCUT2D eigenvalue weighted by atomic mass is 35.5. The molecular formula is C19H20Cl2FN3O2. The average Bonchev–Trinajstić information content (AvgIpc) is 2.59. The summed E-state index contributed by atoms with van der Waals surface area (Å²) in [7, 11) is 3.25. The Labute approximate surface area is 167 Å². The van der Waals surface area contributed by atoms with Gasteiger partial charge >= 0.3 is 0 Å². The number of nitrogens with one attached hydrogen (secondary N) is 1. The van der Waals surface area contributed by atoms with Gasteiger partial charge in [0.2, 0.25) is 11.8 Å². The minimum absolute atomic E-state index is 0.0134. The van der Waals surface area contributed by atoms with Crippen molar-refractivity contribution >= 4 is 40.7 Å². The summed E-state index contributed by atoms with van der Waals surface area (Å²) in [6.45, 7) is 0.202. The molecule has 0 radical (unpaired) electrons. The molecule has 0 atom stereocenters. The van der Waals surface area contributed by atoms with Gasteiger partial charge in [-0.05, 0) is 31.3 Å². The molecule has 5 nitrogen and oxygen atoms in total. The second-order valence-corrected chi connectivity index (χ2v) is 7.00. The third-order valence-electron chi connectivity index (χ3n) is 3.81. The SMILES string of the molecule is CN(CC(=O)Nc1ccc(Cl)c(Cl)c1)CC(=O)N(C)Cc1ccccc1F. The number of hydrogen-bond acceptors (Lipinski definition) is 3. The summed E-state index contributed by atoms with van der Waals surface area (Å²) in [5, 5.41) is 3.43. The zero-order valence-corrected chi connectivity index (χ0v) is 16.5. The molecule has 2 rings (SSSR count). The number of rotatable bonds is 7. The first kappa shape index (κ1) is 21.2. The molecule has 144 valence electrons. The van der Waals surface area contributed by atoms with Crippen LogP contribution >= 0.6 is 23.2 Å². The van der Waals surface area contributed by atoms with Gasteiger partial charge in [0, 0.05) is 24.8 Å². The van der Waals surface area contributed by atoms with Crippen LogP contribution in [0, 0.1) is 5.82 Å².